The second-order valence-corrected chi connectivity index (χ2v) is 7.30. The predicted octanol–water partition coefficient (Wildman–Crippen LogP) is 6.05. The Hall–Kier alpha value is -2.03. The number of morpholine rings is 1. The van der Waals surface area contributed by atoms with Crippen LogP contribution >= 0.6 is 12.4 Å². The van der Waals surface area contributed by atoms with Gasteiger partial charge in [0.2, 0.25) is 0 Å². The quantitative estimate of drug-likeness (QED) is 0.533. The third-order valence-corrected chi connectivity index (χ3v) is 5.60. The van der Waals surface area contributed by atoms with Gasteiger partial charge in [0.25, 0.3) is 0 Å². The van der Waals surface area contributed by atoms with Crippen molar-refractivity contribution in [3.05, 3.63) is 78.4 Å². The van der Waals surface area contributed by atoms with Gasteiger partial charge >= 0.3 is 0 Å². The van der Waals surface area contributed by atoms with E-state index in [9.17, 15) is 0 Å². The lowest BCUT2D eigenvalue weighted by atomic mass is 9.90. The molecule has 0 amide bonds. The summed E-state index contributed by atoms with van der Waals surface area (Å²) in [7, 11) is 0. The van der Waals surface area contributed by atoms with Gasteiger partial charge in [0.15, 0.2) is 0 Å². The highest BCUT2D eigenvalue weighted by molar-refractivity contribution is 5.86. The van der Waals surface area contributed by atoms with Crippen molar-refractivity contribution in [2.75, 3.05) is 24.7 Å². The van der Waals surface area contributed by atoms with Crippen LogP contribution in [-0.4, -0.2) is 25.8 Å². The summed E-state index contributed by atoms with van der Waals surface area (Å²) in [6.45, 7) is 5.00. The summed E-state index contributed by atoms with van der Waals surface area (Å²) >= 11 is 0. The van der Waals surface area contributed by atoms with Crippen LogP contribution in [0.1, 0.15) is 31.2 Å². The molecule has 2 atom stereocenters. The van der Waals surface area contributed by atoms with Crippen LogP contribution in [-0.2, 0) is 4.74 Å². The summed E-state index contributed by atoms with van der Waals surface area (Å²) in [5.74, 6) is 0.542. The van der Waals surface area contributed by atoms with E-state index < -0.39 is 0 Å². The topological polar surface area (TPSA) is 12.5 Å². The number of ether oxygens (including phenoxy) is 1. The minimum atomic E-state index is 0. The zero-order chi connectivity index (χ0) is 17.8. The van der Waals surface area contributed by atoms with Crippen LogP contribution in [0.15, 0.2) is 72.8 Å². The van der Waals surface area contributed by atoms with Gasteiger partial charge in [0, 0.05) is 12.2 Å². The van der Waals surface area contributed by atoms with Crippen molar-refractivity contribution in [2.24, 2.45) is 0 Å². The largest absolute Gasteiger partial charge is 0.377 e. The van der Waals surface area contributed by atoms with E-state index in [0.29, 0.717) is 12.0 Å². The van der Waals surface area contributed by atoms with Gasteiger partial charge in [-0.1, -0.05) is 67.6 Å². The van der Waals surface area contributed by atoms with Gasteiger partial charge in [0.05, 0.1) is 19.3 Å². The van der Waals surface area contributed by atoms with Gasteiger partial charge in [-0.25, -0.2) is 0 Å². The molecule has 1 unspecified atom stereocenters. The second-order valence-electron chi connectivity index (χ2n) is 7.30. The highest BCUT2D eigenvalue weighted by Gasteiger charge is 2.24. The molecular weight excluding hydrogens is 354 g/mol. The Balaban J connectivity index is 0.00000210. The Morgan fingerprint density at radius 2 is 1.70 bits per heavy atom. The molecule has 1 saturated heterocycles. The molecule has 0 aliphatic carbocycles. The molecule has 3 aromatic rings. The van der Waals surface area contributed by atoms with E-state index in [2.05, 4.69) is 84.6 Å². The van der Waals surface area contributed by atoms with E-state index >= 15 is 0 Å². The maximum atomic E-state index is 5.80. The molecule has 0 N–H and O–H groups in total. The summed E-state index contributed by atoms with van der Waals surface area (Å²) in [6.07, 6.45) is 2.32. The molecule has 1 fully saturated rings. The van der Waals surface area contributed by atoms with Gasteiger partial charge in [-0.3, -0.25) is 0 Å². The van der Waals surface area contributed by atoms with Crippen molar-refractivity contribution < 1.29 is 4.74 Å². The van der Waals surface area contributed by atoms with Crippen LogP contribution in [0.25, 0.3) is 10.8 Å². The number of anilines is 1. The molecule has 0 aromatic heterocycles. The zero-order valence-electron chi connectivity index (χ0n) is 15.9. The van der Waals surface area contributed by atoms with Crippen LogP contribution < -0.4 is 4.90 Å². The lowest BCUT2D eigenvalue weighted by molar-refractivity contribution is 0.0905. The minimum Gasteiger partial charge on any atom is -0.377 e. The van der Waals surface area contributed by atoms with Crippen molar-refractivity contribution >= 4 is 28.9 Å². The first-order chi connectivity index (χ1) is 12.8. The molecule has 2 nitrogen and oxygen atoms in total. The Kier molecular flexibility index (Phi) is 6.76. The Bertz CT molecular complexity index is 846. The highest BCUT2D eigenvalue weighted by atomic mass is 35.5. The van der Waals surface area contributed by atoms with E-state index in [0.717, 1.165) is 26.2 Å². The number of para-hydroxylation sites is 1. The number of benzene rings is 3. The molecule has 1 aliphatic rings. The number of hydrogen-bond donors (Lipinski definition) is 0. The fraction of sp³-hybridized carbons (Fsp3) is 0.333. The number of nitrogens with zero attached hydrogens (tertiary/aromatic N) is 1. The van der Waals surface area contributed by atoms with Crippen molar-refractivity contribution in [1.29, 1.82) is 0 Å². The Morgan fingerprint density at radius 3 is 2.56 bits per heavy atom. The molecule has 0 radical (unpaired) electrons. The van der Waals surface area contributed by atoms with E-state index in [4.69, 9.17) is 4.74 Å². The number of fused-ring (bicyclic) bond motifs is 1. The molecule has 4 rings (SSSR count). The lowest BCUT2D eigenvalue weighted by Crippen LogP contribution is -2.45. The van der Waals surface area contributed by atoms with Crippen LogP contribution in [0.4, 0.5) is 5.69 Å². The smallest absolute Gasteiger partial charge is 0.0670 e. The third-order valence-electron chi connectivity index (χ3n) is 5.60. The van der Waals surface area contributed by atoms with Crippen LogP contribution in [0, 0.1) is 0 Å². The monoisotopic (exact) mass is 381 g/mol. The molecule has 3 heteroatoms. The zero-order valence-corrected chi connectivity index (χ0v) is 16.7. The second kappa shape index (κ2) is 9.25. The SMILES string of the molecule is C[C@@H](CCC1COCCN1c1ccccc1)c1cccc2ccccc12.Cl. The summed E-state index contributed by atoms with van der Waals surface area (Å²) in [6, 6.07) is 26.6. The minimum absolute atomic E-state index is 0. The van der Waals surface area contributed by atoms with Crippen molar-refractivity contribution in [3.8, 4) is 0 Å². The molecule has 3 aromatic carbocycles. The van der Waals surface area contributed by atoms with Crippen LogP contribution in [0.5, 0.6) is 0 Å². The predicted molar refractivity (Wildman–Crippen MR) is 117 cm³/mol. The van der Waals surface area contributed by atoms with Crippen LogP contribution in [0.3, 0.4) is 0 Å². The van der Waals surface area contributed by atoms with Gasteiger partial charge < -0.3 is 9.64 Å². The summed E-state index contributed by atoms with van der Waals surface area (Å²) in [5.41, 5.74) is 2.78. The molecule has 0 bridgehead atoms. The summed E-state index contributed by atoms with van der Waals surface area (Å²) in [4.78, 5) is 2.53. The maximum Gasteiger partial charge on any atom is 0.0670 e. The maximum absolute atomic E-state index is 5.80. The van der Waals surface area contributed by atoms with Crippen molar-refractivity contribution in [3.63, 3.8) is 0 Å². The van der Waals surface area contributed by atoms with E-state index in [1.165, 1.54) is 28.4 Å². The Labute approximate surface area is 168 Å². The van der Waals surface area contributed by atoms with E-state index in [1.807, 2.05) is 0 Å². The fourth-order valence-corrected chi connectivity index (χ4v) is 4.13. The van der Waals surface area contributed by atoms with Gasteiger partial charge in [-0.05, 0) is 47.2 Å². The lowest BCUT2D eigenvalue weighted by Gasteiger charge is -2.38. The number of halogens is 1. The first-order valence-electron chi connectivity index (χ1n) is 9.70. The number of hydrogen-bond acceptors (Lipinski definition) is 2. The van der Waals surface area contributed by atoms with Gasteiger partial charge in [0.1, 0.15) is 0 Å². The average Bonchev–Trinajstić information content (AvgIpc) is 2.72. The normalized spacial score (nSPS) is 18.1. The number of rotatable bonds is 5. The van der Waals surface area contributed by atoms with Crippen molar-refractivity contribution in [2.45, 2.75) is 31.7 Å². The highest BCUT2D eigenvalue weighted by Crippen LogP contribution is 2.30. The van der Waals surface area contributed by atoms with Crippen LogP contribution in [0.2, 0.25) is 0 Å². The van der Waals surface area contributed by atoms with Gasteiger partial charge in [-0.15, -0.1) is 12.4 Å². The molecule has 1 heterocycles. The van der Waals surface area contributed by atoms with E-state index in [-0.39, 0.29) is 12.4 Å². The average molecular weight is 382 g/mol. The fourth-order valence-electron chi connectivity index (χ4n) is 4.13. The first kappa shape index (κ1) is 19.7. The molecule has 1 aliphatic heterocycles. The first-order valence-corrected chi connectivity index (χ1v) is 9.70. The summed E-state index contributed by atoms with van der Waals surface area (Å²) in [5, 5.41) is 2.73. The third kappa shape index (κ3) is 4.45. The molecule has 0 spiro atoms. The molecule has 142 valence electrons. The standard InChI is InChI=1S/C24H27NO.ClH/c1-19(23-13-7-9-20-8-5-6-12-24(20)23)14-15-22-18-26-17-16-25(22)21-10-3-2-4-11-21;/h2-13,19,22H,14-18H2,1H3;1H/t19-,22?;/m0./s1. The molecular formula is C24H28ClNO. The molecule has 27 heavy (non-hydrogen) atoms. The molecule has 0 saturated carbocycles. The van der Waals surface area contributed by atoms with E-state index in [1.54, 1.807) is 0 Å². The Morgan fingerprint density at radius 1 is 0.963 bits per heavy atom. The van der Waals surface area contributed by atoms with Crippen molar-refractivity contribution in [1.82, 2.24) is 0 Å². The summed E-state index contributed by atoms with van der Waals surface area (Å²) < 4.78 is 5.80. The van der Waals surface area contributed by atoms with Gasteiger partial charge in [-0.2, -0.15) is 0 Å².